The van der Waals surface area contributed by atoms with Crippen LogP contribution in [0.25, 0.3) is 0 Å². The molecule has 0 aliphatic carbocycles. The molecular formula is C23H22ClNO3. The molecule has 1 N–H and O–H groups in total. The number of carbonyl (C=O) groups is 1. The van der Waals surface area contributed by atoms with Crippen LogP contribution in [0.4, 0.5) is 0 Å². The number of rotatable bonds is 7. The van der Waals surface area contributed by atoms with E-state index in [1.54, 1.807) is 25.3 Å². The van der Waals surface area contributed by atoms with Crippen LogP contribution in [0.1, 0.15) is 34.5 Å². The molecule has 5 heteroatoms. The molecule has 0 radical (unpaired) electrons. The van der Waals surface area contributed by atoms with E-state index >= 15 is 0 Å². The Kier molecular flexibility index (Phi) is 6.56. The molecule has 0 spiro atoms. The van der Waals surface area contributed by atoms with Crippen LogP contribution in [-0.2, 0) is 6.61 Å². The fourth-order valence-corrected chi connectivity index (χ4v) is 2.95. The van der Waals surface area contributed by atoms with Crippen LogP contribution in [-0.4, -0.2) is 13.0 Å². The van der Waals surface area contributed by atoms with E-state index in [-0.39, 0.29) is 11.9 Å². The average Bonchev–Trinajstić information content (AvgIpc) is 2.73. The second-order valence-electron chi connectivity index (χ2n) is 6.38. The summed E-state index contributed by atoms with van der Waals surface area (Å²) in [4.78, 5) is 12.7. The van der Waals surface area contributed by atoms with Gasteiger partial charge in [-0.2, -0.15) is 0 Å². The Morgan fingerprint density at radius 2 is 1.75 bits per heavy atom. The van der Waals surface area contributed by atoms with E-state index in [4.69, 9.17) is 21.1 Å². The maximum atomic E-state index is 12.7. The number of hydrogen-bond acceptors (Lipinski definition) is 3. The van der Waals surface area contributed by atoms with Gasteiger partial charge in [-0.05, 0) is 55.0 Å². The van der Waals surface area contributed by atoms with Crippen molar-refractivity contribution in [3.8, 4) is 11.5 Å². The molecule has 4 nitrogen and oxygen atoms in total. The number of amides is 1. The summed E-state index contributed by atoms with van der Waals surface area (Å²) in [5.74, 6) is 1.28. The van der Waals surface area contributed by atoms with Crippen molar-refractivity contribution in [1.82, 2.24) is 5.32 Å². The number of benzene rings is 3. The van der Waals surface area contributed by atoms with Crippen LogP contribution in [0.5, 0.6) is 11.5 Å². The lowest BCUT2D eigenvalue weighted by atomic mass is 10.1. The lowest BCUT2D eigenvalue weighted by molar-refractivity contribution is 0.0939. The molecule has 0 saturated carbocycles. The summed E-state index contributed by atoms with van der Waals surface area (Å²) in [6.45, 7) is 2.24. The molecule has 0 fully saturated rings. The molecule has 0 saturated heterocycles. The minimum atomic E-state index is -0.161. The smallest absolute Gasteiger partial charge is 0.251 e. The third kappa shape index (κ3) is 5.05. The second kappa shape index (κ2) is 9.29. The van der Waals surface area contributed by atoms with Crippen molar-refractivity contribution in [1.29, 1.82) is 0 Å². The van der Waals surface area contributed by atoms with Gasteiger partial charge in [0.05, 0.1) is 13.2 Å². The lowest BCUT2D eigenvalue weighted by Gasteiger charge is -2.16. The fraction of sp³-hybridized carbons (Fsp3) is 0.174. The first-order valence-corrected chi connectivity index (χ1v) is 9.35. The summed E-state index contributed by atoms with van der Waals surface area (Å²) in [5, 5.41) is 3.67. The van der Waals surface area contributed by atoms with Crippen molar-refractivity contribution in [2.24, 2.45) is 0 Å². The number of para-hydroxylation sites is 1. The Bertz CT molecular complexity index is 926. The van der Waals surface area contributed by atoms with E-state index < -0.39 is 0 Å². The van der Waals surface area contributed by atoms with Crippen LogP contribution >= 0.6 is 11.6 Å². The first kappa shape index (κ1) is 19.8. The number of ether oxygens (including phenoxy) is 2. The van der Waals surface area contributed by atoms with Crippen LogP contribution in [0, 0.1) is 0 Å². The van der Waals surface area contributed by atoms with Gasteiger partial charge in [-0.15, -0.1) is 0 Å². The summed E-state index contributed by atoms with van der Waals surface area (Å²) >= 11 is 5.93. The largest absolute Gasteiger partial charge is 0.496 e. The van der Waals surface area contributed by atoms with Gasteiger partial charge in [0.25, 0.3) is 5.91 Å². The van der Waals surface area contributed by atoms with Gasteiger partial charge in [0.15, 0.2) is 0 Å². The highest BCUT2D eigenvalue weighted by atomic mass is 35.5. The molecule has 144 valence electrons. The third-order valence-corrected chi connectivity index (χ3v) is 4.65. The number of methoxy groups -OCH3 is 1. The highest BCUT2D eigenvalue weighted by Crippen LogP contribution is 2.23. The van der Waals surface area contributed by atoms with Crippen LogP contribution in [0.3, 0.4) is 0 Å². The summed E-state index contributed by atoms with van der Waals surface area (Å²) in [7, 11) is 1.60. The first-order chi connectivity index (χ1) is 13.6. The maximum absolute atomic E-state index is 12.7. The van der Waals surface area contributed by atoms with Crippen LogP contribution in [0.15, 0.2) is 72.8 Å². The Balaban J connectivity index is 1.72. The SMILES string of the molecule is COc1ccc(C(=O)N[C@H](C)c2ccc(Cl)cc2)cc1COc1ccccc1. The molecule has 0 aromatic heterocycles. The van der Waals surface area contributed by atoms with Crippen molar-refractivity contribution in [3.05, 3.63) is 94.5 Å². The Morgan fingerprint density at radius 3 is 2.43 bits per heavy atom. The molecule has 3 rings (SSSR count). The molecule has 0 aliphatic rings. The van der Waals surface area contributed by atoms with Crippen LogP contribution in [0.2, 0.25) is 5.02 Å². The predicted molar refractivity (Wildman–Crippen MR) is 111 cm³/mol. The van der Waals surface area contributed by atoms with Gasteiger partial charge in [-0.1, -0.05) is 41.9 Å². The van der Waals surface area contributed by atoms with E-state index in [1.165, 1.54) is 0 Å². The quantitative estimate of drug-likeness (QED) is 0.581. The predicted octanol–water partition coefficient (Wildman–Crippen LogP) is 5.42. The zero-order valence-electron chi connectivity index (χ0n) is 15.8. The van der Waals surface area contributed by atoms with Gasteiger partial charge in [0, 0.05) is 16.1 Å². The topological polar surface area (TPSA) is 47.6 Å². The van der Waals surface area contributed by atoms with Gasteiger partial charge in [-0.3, -0.25) is 4.79 Å². The van der Waals surface area contributed by atoms with Crippen molar-refractivity contribution >= 4 is 17.5 Å². The maximum Gasteiger partial charge on any atom is 0.251 e. The highest BCUT2D eigenvalue weighted by molar-refractivity contribution is 6.30. The van der Waals surface area contributed by atoms with E-state index in [2.05, 4.69) is 5.32 Å². The van der Waals surface area contributed by atoms with Crippen molar-refractivity contribution in [3.63, 3.8) is 0 Å². The number of carbonyl (C=O) groups excluding carboxylic acids is 1. The number of nitrogens with one attached hydrogen (secondary N) is 1. The minimum Gasteiger partial charge on any atom is -0.496 e. The Hall–Kier alpha value is -2.98. The monoisotopic (exact) mass is 395 g/mol. The van der Waals surface area contributed by atoms with E-state index in [1.807, 2.05) is 61.5 Å². The number of halogens is 1. The van der Waals surface area contributed by atoms with Crippen LogP contribution < -0.4 is 14.8 Å². The second-order valence-corrected chi connectivity index (χ2v) is 6.81. The molecule has 1 atom stereocenters. The standard InChI is InChI=1S/C23H22ClNO3/c1-16(17-8-11-20(24)12-9-17)25-23(26)18-10-13-22(27-2)19(14-18)15-28-21-6-4-3-5-7-21/h3-14,16H,15H2,1-2H3,(H,25,26)/t16-/m1/s1. The van der Waals surface area contributed by atoms with E-state index in [0.717, 1.165) is 16.9 Å². The van der Waals surface area contributed by atoms with Gasteiger partial charge in [-0.25, -0.2) is 0 Å². The molecule has 28 heavy (non-hydrogen) atoms. The summed E-state index contributed by atoms with van der Waals surface area (Å²) in [6, 6.07) is 22.1. The van der Waals surface area contributed by atoms with Gasteiger partial charge in [0.2, 0.25) is 0 Å². The van der Waals surface area contributed by atoms with Gasteiger partial charge in [0.1, 0.15) is 18.1 Å². The zero-order valence-corrected chi connectivity index (χ0v) is 16.6. The van der Waals surface area contributed by atoms with Crippen molar-refractivity contribution in [2.75, 3.05) is 7.11 Å². The molecular weight excluding hydrogens is 374 g/mol. The summed E-state index contributed by atoms with van der Waals surface area (Å²) < 4.78 is 11.2. The minimum absolute atomic E-state index is 0.143. The average molecular weight is 396 g/mol. The molecule has 3 aromatic carbocycles. The lowest BCUT2D eigenvalue weighted by Crippen LogP contribution is -2.26. The number of hydrogen-bond donors (Lipinski definition) is 1. The van der Waals surface area contributed by atoms with Crippen molar-refractivity contribution in [2.45, 2.75) is 19.6 Å². The molecule has 3 aromatic rings. The highest BCUT2D eigenvalue weighted by Gasteiger charge is 2.14. The normalized spacial score (nSPS) is 11.5. The fourth-order valence-electron chi connectivity index (χ4n) is 2.83. The van der Waals surface area contributed by atoms with Crippen molar-refractivity contribution < 1.29 is 14.3 Å². The molecule has 0 aliphatic heterocycles. The zero-order chi connectivity index (χ0) is 19.9. The molecule has 0 bridgehead atoms. The van der Waals surface area contributed by atoms with Gasteiger partial charge < -0.3 is 14.8 Å². The Morgan fingerprint density at radius 1 is 1.04 bits per heavy atom. The van der Waals surface area contributed by atoms with Gasteiger partial charge >= 0.3 is 0 Å². The third-order valence-electron chi connectivity index (χ3n) is 4.40. The van der Waals surface area contributed by atoms with E-state index in [0.29, 0.717) is 22.9 Å². The summed E-state index contributed by atoms with van der Waals surface area (Å²) in [6.07, 6.45) is 0. The molecule has 0 unspecified atom stereocenters. The van der Waals surface area contributed by atoms with E-state index in [9.17, 15) is 4.79 Å². The molecule has 1 amide bonds. The molecule has 0 heterocycles. The Labute approximate surface area is 170 Å². The first-order valence-electron chi connectivity index (χ1n) is 8.98. The summed E-state index contributed by atoms with van der Waals surface area (Å²) in [5.41, 5.74) is 2.34.